The van der Waals surface area contributed by atoms with Crippen LogP contribution in [-0.4, -0.2) is 39.0 Å². The summed E-state index contributed by atoms with van der Waals surface area (Å²) in [7, 11) is 2.05. The summed E-state index contributed by atoms with van der Waals surface area (Å²) in [6.07, 6.45) is 6.11. The molecular formula is C20H30N4O. The highest BCUT2D eigenvalue weighted by Crippen LogP contribution is 2.29. The van der Waals surface area contributed by atoms with Gasteiger partial charge in [-0.2, -0.15) is 5.10 Å². The molecule has 1 aliphatic carbocycles. The summed E-state index contributed by atoms with van der Waals surface area (Å²) in [5.41, 5.74) is 3.81. The van der Waals surface area contributed by atoms with Gasteiger partial charge in [-0.15, -0.1) is 0 Å². The maximum absolute atomic E-state index is 5.90. The minimum absolute atomic E-state index is 0.641. The lowest BCUT2D eigenvalue weighted by Crippen LogP contribution is -2.29. The number of nitrogens with zero attached hydrogens (tertiary/aromatic N) is 4. The van der Waals surface area contributed by atoms with Gasteiger partial charge in [-0.3, -0.25) is 9.58 Å². The van der Waals surface area contributed by atoms with E-state index in [0.717, 1.165) is 57.4 Å². The fraction of sp³-hybridized carbons (Fsp3) is 0.650. The Morgan fingerprint density at radius 1 is 1.24 bits per heavy atom. The SMILES string of the molecule is Cc1cc(CN2Cc3cccn3CC(CCOCC3CC3)C2)n(C)n1. The fourth-order valence-corrected chi connectivity index (χ4v) is 3.89. The molecule has 0 aromatic carbocycles. The maximum atomic E-state index is 5.90. The van der Waals surface area contributed by atoms with E-state index in [4.69, 9.17) is 4.74 Å². The second kappa shape index (κ2) is 7.34. The summed E-state index contributed by atoms with van der Waals surface area (Å²) < 4.78 is 10.4. The molecule has 0 N–H and O–H groups in total. The Labute approximate surface area is 150 Å². The molecule has 3 heterocycles. The van der Waals surface area contributed by atoms with Gasteiger partial charge in [0, 0.05) is 58.3 Å². The summed E-state index contributed by atoms with van der Waals surface area (Å²) in [5, 5.41) is 4.50. The maximum Gasteiger partial charge on any atom is 0.0597 e. The lowest BCUT2D eigenvalue weighted by molar-refractivity contribution is 0.101. The van der Waals surface area contributed by atoms with Crippen LogP contribution in [0.25, 0.3) is 0 Å². The monoisotopic (exact) mass is 342 g/mol. The molecule has 1 saturated carbocycles. The van der Waals surface area contributed by atoms with E-state index < -0.39 is 0 Å². The number of aryl methyl sites for hydroxylation is 2. The largest absolute Gasteiger partial charge is 0.381 e. The van der Waals surface area contributed by atoms with E-state index in [-0.39, 0.29) is 0 Å². The number of fused-ring (bicyclic) bond motifs is 1. The van der Waals surface area contributed by atoms with Gasteiger partial charge in [0.25, 0.3) is 0 Å². The molecule has 2 aromatic rings. The quantitative estimate of drug-likeness (QED) is 0.726. The van der Waals surface area contributed by atoms with E-state index in [2.05, 4.69) is 45.9 Å². The van der Waals surface area contributed by atoms with E-state index in [1.807, 2.05) is 11.7 Å². The second-order valence-corrected chi connectivity index (χ2v) is 7.90. The van der Waals surface area contributed by atoms with Gasteiger partial charge in [-0.1, -0.05) is 0 Å². The first-order valence-corrected chi connectivity index (χ1v) is 9.61. The highest BCUT2D eigenvalue weighted by atomic mass is 16.5. The average Bonchev–Trinajstić information content (AvgIpc) is 3.25. The van der Waals surface area contributed by atoms with Crippen molar-refractivity contribution in [3.63, 3.8) is 0 Å². The van der Waals surface area contributed by atoms with Crippen LogP contribution in [0.4, 0.5) is 0 Å². The molecular weight excluding hydrogens is 312 g/mol. The third-order valence-electron chi connectivity index (χ3n) is 5.49. The molecule has 0 radical (unpaired) electrons. The lowest BCUT2D eigenvalue weighted by Gasteiger charge is -2.24. The topological polar surface area (TPSA) is 35.2 Å². The smallest absolute Gasteiger partial charge is 0.0597 e. The van der Waals surface area contributed by atoms with Crippen LogP contribution < -0.4 is 0 Å². The van der Waals surface area contributed by atoms with Gasteiger partial charge in [0.05, 0.1) is 11.4 Å². The summed E-state index contributed by atoms with van der Waals surface area (Å²) in [5.74, 6) is 1.50. The van der Waals surface area contributed by atoms with Crippen molar-refractivity contribution < 1.29 is 4.74 Å². The van der Waals surface area contributed by atoms with Crippen molar-refractivity contribution in [3.8, 4) is 0 Å². The van der Waals surface area contributed by atoms with Crippen LogP contribution in [0.3, 0.4) is 0 Å². The molecule has 5 nitrogen and oxygen atoms in total. The summed E-state index contributed by atoms with van der Waals surface area (Å²) in [4.78, 5) is 2.57. The zero-order chi connectivity index (χ0) is 17.2. The van der Waals surface area contributed by atoms with Crippen LogP contribution in [0.15, 0.2) is 24.4 Å². The molecule has 4 rings (SSSR count). The minimum atomic E-state index is 0.641. The molecule has 1 aliphatic heterocycles. The van der Waals surface area contributed by atoms with Crippen molar-refractivity contribution >= 4 is 0 Å². The van der Waals surface area contributed by atoms with Crippen LogP contribution in [0.5, 0.6) is 0 Å². The van der Waals surface area contributed by atoms with Crippen LogP contribution in [-0.2, 0) is 31.4 Å². The minimum Gasteiger partial charge on any atom is -0.381 e. The highest BCUT2D eigenvalue weighted by molar-refractivity contribution is 5.11. The molecule has 5 heteroatoms. The molecule has 25 heavy (non-hydrogen) atoms. The van der Waals surface area contributed by atoms with Gasteiger partial charge in [0.1, 0.15) is 0 Å². The van der Waals surface area contributed by atoms with Gasteiger partial charge in [0.2, 0.25) is 0 Å². The van der Waals surface area contributed by atoms with Gasteiger partial charge >= 0.3 is 0 Å². The number of hydrogen-bond donors (Lipinski definition) is 0. The predicted molar refractivity (Wildman–Crippen MR) is 98.1 cm³/mol. The molecule has 0 saturated heterocycles. The van der Waals surface area contributed by atoms with Gasteiger partial charge < -0.3 is 9.30 Å². The van der Waals surface area contributed by atoms with Crippen LogP contribution in [0.2, 0.25) is 0 Å². The third-order valence-corrected chi connectivity index (χ3v) is 5.49. The van der Waals surface area contributed by atoms with E-state index >= 15 is 0 Å². The van der Waals surface area contributed by atoms with Crippen molar-refractivity contribution in [3.05, 3.63) is 41.5 Å². The van der Waals surface area contributed by atoms with E-state index in [1.54, 1.807) is 0 Å². The van der Waals surface area contributed by atoms with Crippen molar-refractivity contribution in [1.29, 1.82) is 0 Å². The first-order chi connectivity index (χ1) is 12.2. The second-order valence-electron chi connectivity index (χ2n) is 7.90. The molecule has 0 bridgehead atoms. The predicted octanol–water partition coefficient (Wildman–Crippen LogP) is 2.98. The van der Waals surface area contributed by atoms with Crippen molar-refractivity contribution in [2.24, 2.45) is 18.9 Å². The Morgan fingerprint density at radius 2 is 2.12 bits per heavy atom. The first kappa shape index (κ1) is 16.9. The molecule has 1 fully saturated rings. The van der Waals surface area contributed by atoms with Crippen molar-refractivity contribution in [2.75, 3.05) is 19.8 Å². The molecule has 1 atom stereocenters. The number of aromatic nitrogens is 3. The first-order valence-electron chi connectivity index (χ1n) is 9.61. The highest BCUT2D eigenvalue weighted by Gasteiger charge is 2.24. The summed E-state index contributed by atoms with van der Waals surface area (Å²) >= 11 is 0. The third kappa shape index (κ3) is 4.33. The standard InChI is InChI=1S/C20H30N4O/c1-16-10-20(22(2)21-16)14-23-11-18(7-9-25-15-17-5-6-17)12-24-8-3-4-19(24)13-23/h3-4,8,10,17-18H,5-7,9,11-15H2,1-2H3. The van der Waals surface area contributed by atoms with Crippen LogP contribution in [0.1, 0.15) is 36.3 Å². The van der Waals surface area contributed by atoms with Crippen molar-refractivity contribution in [2.45, 2.75) is 45.8 Å². The van der Waals surface area contributed by atoms with Crippen LogP contribution >= 0.6 is 0 Å². The molecule has 0 amide bonds. The number of ether oxygens (including phenoxy) is 1. The van der Waals surface area contributed by atoms with Gasteiger partial charge in [-0.05, 0) is 56.2 Å². The molecule has 2 aliphatic rings. The normalized spacial score (nSPS) is 21.3. The van der Waals surface area contributed by atoms with Crippen molar-refractivity contribution in [1.82, 2.24) is 19.2 Å². The summed E-state index contributed by atoms with van der Waals surface area (Å²) in [6, 6.07) is 6.64. The Morgan fingerprint density at radius 3 is 2.88 bits per heavy atom. The van der Waals surface area contributed by atoms with E-state index in [1.165, 1.54) is 24.2 Å². The van der Waals surface area contributed by atoms with Gasteiger partial charge in [-0.25, -0.2) is 0 Å². The molecule has 2 aromatic heterocycles. The fourth-order valence-electron chi connectivity index (χ4n) is 3.89. The van der Waals surface area contributed by atoms with E-state index in [9.17, 15) is 0 Å². The molecule has 0 spiro atoms. The zero-order valence-corrected chi connectivity index (χ0v) is 15.5. The van der Waals surface area contributed by atoms with Gasteiger partial charge in [0.15, 0.2) is 0 Å². The molecule has 1 unspecified atom stereocenters. The van der Waals surface area contributed by atoms with E-state index in [0.29, 0.717) is 5.92 Å². The Balaban J connectivity index is 1.40. The Hall–Kier alpha value is -1.59. The molecule has 136 valence electrons. The Kier molecular flexibility index (Phi) is 4.95. The zero-order valence-electron chi connectivity index (χ0n) is 15.5. The number of hydrogen-bond acceptors (Lipinski definition) is 3. The number of rotatable bonds is 7. The summed E-state index contributed by atoms with van der Waals surface area (Å²) in [6.45, 7) is 8.14. The lowest BCUT2D eigenvalue weighted by atomic mass is 10.1. The average molecular weight is 342 g/mol. The Bertz CT molecular complexity index is 700. The van der Waals surface area contributed by atoms with Crippen LogP contribution in [0, 0.1) is 18.8 Å².